The zero-order valence-corrected chi connectivity index (χ0v) is 21.9. The van der Waals surface area contributed by atoms with E-state index in [0.717, 1.165) is 5.30 Å². The molecule has 38 heavy (non-hydrogen) atoms. The molecule has 0 saturated carbocycles. The molecule has 0 amide bonds. The van der Waals surface area contributed by atoms with E-state index in [1.165, 1.54) is 18.2 Å². The molecule has 1 atom stereocenters. The molecule has 3 aromatic rings. The summed E-state index contributed by atoms with van der Waals surface area (Å²) >= 11 is 0. The van der Waals surface area contributed by atoms with Gasteiger partial charge in [0.25, 0.3) is 5.69 Å². The molecule has 0 unspecified atom stereocenters. The number of non-ortho nitro benzene ring substituents is 1. The smallest absolute Gasteiger partial charge is 0.271 e. The van der Waals surface area contributed by atoms with Gasteiger partial charge in [0, 0.05) is 32.3 Å². The van der Waals surface area contributed by atoms with Crippen molar-refractivity contribution in [3.63, 3.8) is 0 Å². The van der Waals surface area contributed by atoms with Crippen molar-refractivity contribution in [3.8, 4) is 6.07 Å². The summed E-state index contributed by atoms with van der Waals surface area (Å²) in [7, 11) is -1.15. The van der Waals surface area contributed by atoms with Crippen molar-refractivity contribution >= 4 is 35.7 Å². The van der Waals surface area contributed by atoms with Gasteiger partial charge in [0.2, 0.25) is 0 Å². The first-order chi connectivity index (χ1) is 18.4. The van der Waals surface area contributed by atoms with Crippen LogP contribution < -0.4 is 5.30 Å². The zero-order chi connectivity index (χ0) is 26.9. The van der Waals surface area contributed by atoms with Crippen LogP contribution in [0, 0.1) is 34.2 Å². The van der Waals surface area contributed by atoms with Gasteiger partial charge in [0.1, 0.15) is 11.7 Å². The Morgan fingerprint density at radius 3 is 2.71 bits per heavy atom. The maximum atomic E-state index is 15.2. The summed E-state index contributed by atoms with van der Waals surface area (Å²) in [6.45, 7) is 4.22. The topological polar surface area (TPSA) is 125 Å². The van der Waals surface area contributed by atoms with E-state index in [0.29, 0.717) is 61.4 Å². The lowest BCUT2D eigenvalue weighted by atomic mass is 10.2. The van der Waals surface area contributed by atoms with E-state index in [1.807, 2.05) is 18.6 Å². The van der Waals surface area contributed by atoms with Crippen molar-refractivity contribution in [1.29, 1.82) is 5.26 Å². The number of halogens is 1. The van der Waals surface area contributed by atoms with Crippen molar-refractivity contribution in [2.24, 2.45) is 9.74 Å². The number of rotatable bonds is 6. The molecule has 1 saturated heterocycles. The average molecular weight is 537 g/mol. The van der Waals surface area contributed by atoms with E-state index in [2.05, 4.69) is 10.7 Å². The Hall–Kier alpha value is -3.91. The van der Waals surface area contributed by atoms with E-state index in [9.17, 15) is 15.4 Å². The highest BCUT2D eigenvalue weighted by atomic mass is 31.2. The average Bonchev–Trinajstić information content (AvgIpc) is 3.25. The van der Waals surface area contributed by atoms with Crippen molar-refractivity contribution in [2.75, 3.05) is 33.4 Å². The van der Waals surface area contributed by atoms with Gasteiger partial charge >= 0.3 is 0 Å². The van der Waals surface area contributed by atoms with Crippen LogP contribution in [0.3, 0.4) is 0 Å². The van der Waals surface area contributed by atoms with Gasteiger partial charge in [-0.05, 0) is 25.1 Å². The Labute approximate surface area is 219 Å². The van der Waals surface area contributed by atoms with Gasteiger partial charge in [-0.25, -0.2) is 23.5 Å². The van der Waals surface area contributed by atoms with Crippen LogP contribution in [0.2, 0.25) is 0 Å². The van der Waals surface area contributed by atoms with E-state index in [-0.39, 0.29) is 12.1 Å². The van der Waals surface area contributed by atoms with E-state index in [4.69, 9.17) is 19.6 Å². The number of hydrogen-bond acceptors (Lipinski definition) is 7. The lowest BCUT2D eigenvalue weighted by molar-refractivity contribution is -0.384. The van der Waals surface area contributed by atoms with Gasteiger partial charge in [-0.1, -0.05) is 18.2 Å². The molecular formula is C25H26FN8O3P. The fourth-order valence-corrected chi connectivity index (χ4v) is 8.66. The lowest BCUT2D eigenvalue weighted by Gasteiger charge is -2.46. The number of aryl methyl sites for hydroxylation is 2. The monoisotopic (exact) mass is 536 g/mol. The quantitative estimate of drug-likeness (QED) is 0.258. The molecule has 11 nitrogen and oxygen atoms in total. The number of aliphatic imine (C=N–C) groups is 1. The van der Waals surface area contributed by atoms with Crippen LogP contribution >= 0.6 is 7.36 Å². The Kier molecular flexibility index (Phi) is 7.08. The van der Waals surface area contributed by atoms with Crippen LogP contribution in [0.4, 0.5) is 21.6 Å². The highest BCUT2D eigenvalue weighted by molar-refractivity contribution is 7.70. The Balaban J connectivity index is 1.86. The molecule has 0 N–H and O–H groups in total. The third kappa shape index (κ3) is 4.39. The number of fused-ring (bicyclic) bond motifs is 1. The predicted octanol–water partition coefficient (Wildman–Crippen LogP) is 4.50. The number of nitrogens with zero attached hydrogens (tertiary/aromatic N) is 8. The van der Waals surface area contributed by atoms with Crippen LogP contribution in [-0.4, -0.2) is 63.2 Å². The number of benzene rings is 2. The second kappa shape index (κ2) is 10.5. The lowest BCUT2D eigenvalue weighted by Crippen LogP contribution is -2.45. The normalized spacial score (nSPS) is 19.4. The zero-order valence-electron chi connectivity index (χ0n) is 21.0. The molecular weight excluding hydrogens is 510 g/mol. The first-order valence-electron chi connectivity index (χ1n) is 12.1. The predicted molar refractivity (Wildman–Crippen MR) is 142 cm³/mol. The number of hydrogen-bond donors (Lipinski definition) is 0. The maximum absolute atomic E-state index is 15.2. The molecule has 196 valence electrons. The number of nitro groups is 1. The first-order valence-corrected chi connectivity index (χ1v) is 13.7. The number of amidine groups is 1. The molecule has 0 aliphatic carbocycles. The largest absolute Gasteiger partial charge is 0.379 e. The number of nitro benzene ring substituents is 1. The molecule has 1 fully saturated rings. The van der Waals surface area contributed by atoms with Gasteiger partial charge in [0.15, 0.2) is 13.2 Å². The van der Waals surface area contributed by atoms with Gasteiger partial charge in [0.05, 0.1) is 59.4 Å². The molecule has 0 radical (unpaired) electrons. The molecule has 13 heteroatoms. The maximum Gasteiger partial charge on any atom is 0.271 e. The summed E-state index contributed by atoms with van der Waals surface area (Å²) in [4.78, 5) is 16.0. The Morgan fingerprint density at radius 2 is 2.00 bits per heavy atom. The fraction of sp³-hybridized carbons (Fsp3) is 0.320. The number of aromatic nitrogens is 2. The second-order valence-electron chi connectivity index (χ2n) is 8.84. The van der Waals surface area contributed by atoms with Gasteiger partial charge < -0.3 is 9.41 Å². The third-order valence-electron chi connectivity index (χ3n) is 6.53. The van der Waals surface area contributed by atoms with Crippen molar-refractivity contribution in [2.45, 2.75) is 19.9 Å². The minimum absolute atomic E-state index is 0.0734. The molecule has 2 aliphatic rings. The molecule has 2 aromatic carbocycles. The highest BCUT2D eigenvalue weighted by Gasteiger charge is 2.45. The van der Waals surface area contributed by atoms with Crippen molar-refractivity contribution in [1.82, 2.24) is 19.1 Å². The Morgan fingerprint density at radius 1 is 1.24 bits per heavy atom. The fourth-order valence-electron chi connectivity index (χ4n) is 4.84. The van der Waals surface area contributed by atoms with E-state index >= 15 is 4.39 Å². The number of nitriles is 1. The molecule has 0 bridgehead atoms. The molecule has 5 rings (SSSR count). The molecule has 1 aromatic heterocycles. The number of morpholine rings is 1. The SMILES string of the molecule is Cc1nn(CCC#N)c2c1[P@](=Nc1cccc([N+](=O)[O-])c1)(N1CCOCC1)N(C)C(c1ccccc1F)=N2. The molecule has 2 aliphatic heterocycles. The molecule has 3 heterocycles. The summed E-state index contributed by atoms with van der Waals surface area (Å²) in [5.41, 5.74) is 1.35. The van der Waals surface area contributed by atoms with Crippen LogP contribution in [0.25, 0.3) is 0 Å². The summed E-state index contributed by atoms with van der Waals surface area (Å²) in [5, 5.41) is 26.3. The van der Waals surface area contributed by atoms with E-state index in [1.54, 1.807) is 35.0 Å². The van der Waals surface area contributed by atoms with Crippen LogP contribution in [0.15, 0.2) is 58.3 Å². The van der Waals surface area contributed by atoms with Gasteiger partial charge in [-0.3, -0.25) is 10.1 Å². The Bertz CT molecular complexity index is 1520. The summed E-state index contributed by atoms with van der Waals surface area (Å²) in [6, 6.07) is 14.8. The van der Waals surface area contributed by atoms with Crippen LogP contribution in [0.5, 0.6) is 0 Å². The first kappa shape index (κ1) is 25.7. The van der Waals surface area contributed by atoms with E-state index < -0.39 is 18.1 Å². The molecule has 0 spiro atoms. The minimum atomic E-state index is -2.98. The summed E-state index contributed by atoms with van der Waals surface area (Å²) in [6.07, 6.45) is 0.221. The summed E-state index contributed by atoms with van der Waals surface area (Å²) in [5.74, 6) is 0.461. The van der Waals surface area contributed by atoms with Crippen LogP contribution in [0.1, 0.15) is 17.7 Å². The highest BCUT2D eigenvalue weighted by Crippen LogP contribution is 2.61. The van der Waals surface area contributed by atoms with Crippen LogP contribution in [-0.2, 0) is 11.3 Å². The number of ether oxygens (including phenoxy) is 1. The van der Waals surface area contributed by atoms with Gasteiger partial charge in [-0.15, -0.1) is 0 Å². The van der Waals surface area contributed by atoms with Crippen molar-refractivity contribution in [3.05, 3.63) is 75.7 Å². The summed E-state index contributed by atoms with van der Waals surface area (Å²) < 4.78 is 31.9. The third-order valence-corrected chi connectivity index (χ3v) is 10.4. The minimum Gasteiger partial charge on any atom is -0.379 e. The standard InChI is InChI=1S/C25H26FN8O3P/c1-18-23-25(33(29-18)12-6-11-27)28-24(21-9-3-4-10-22(21)26)31(2)38(23,32-13-15-37-16-14-32)30-19-7-5-8-20(17-19)34(35)36/h3-5,7-10,17H,6,12-16H2,1-2H3/t38-/m1/s1. The second-order valence-corrected chi connectivity index (χ2v) is 11.8. The van der Waals surface area contributed by atoms with Crippen molar-refractivity contribution < 1.29 is 14.1 Å². The van der Waals surface area contributed by atoms with Gasteiger partial charge in [-0.2, -0.15) is 10.4 Å².